The highest BCUT2D eigenvalue weighted by molar-refractivity contribution is 8.13. The summed E-state index contributed by atoms with van der Waals surface area (Å²) in [5.41, 5.74) is 0.302. The van der Waals surface area contributed by atoms with Crippen molar-refractivity contribution in [2.45, 2.75) is 18.2 Å². The van der Waals surface area contributed by atoms with Crippen LogP contribution in [0.3, 0.4) is 0 Å². The summed E-state index contributed by atoms with van der Waals surface area (Å²) in [4.78, 5) is 11.4. The number of carbonyl (C=O) groups is 1. The maximum atomic E-state index is 11.5. The average molecular weight is 326 g/mol. The molecule has 1 aromatic carbocycles. The molecule has 0 saturated heterocycles. The van der Waals surface area contributed by atoms with Crippen molar-refractivity contribution in [3.05, 3.63) is 23.2 Å². The summed E-state index contributed by atoms with van der Waals surface area (Å²) >= 11 is 5.86. The average Bonchev–Trinajstić information content (AvgIpc) is 2.31. The Morgan fingerprint density at radius 3 is 2.63 bits per heavy atom. The maximum absolute atomic E-state index is 11.5. The van der Waals surface area contributed by atoms with Crippen LogP contribution in [0.15, 0.2) is 23.1 Å². The number of benzene rings is 1. The SMILES string of the molecule is CCCOCC(=O)Nc1ccc(S(=O)(=O)Cl)cc1Cl. The van der Waals surface area contributed by atoms with E-state index in [1.54, 1.807) is 0 Å². The first-order valence-corrected chi connectivity index (χ1v) is 8.15. The molecule has 0 fully saturated rings. The molecular formula is C11H13Cl2NO4S. The minimum atomic E-state index is -3.84. The summed E-state index contributed by atoms with van der Waals surface area (Å²) in [7, 11) is 1.34. The molecule has 8 heteroatoms. The van der Waals surface area contributed by atoms with E-state index < -0.39 is 9.05 Å². The number of nitrogens with one attached hydrogen (secondary N) is 1. The van der Waals surface area contributed by atoms with Crippen molar-refractivity contribution in [1.29, 1.82) is 0 Å². The van der Waals surface area contributed by atoms with Crippen molar-refractivity contribution in [3.8, 4) is 0 Å². The number of halogens is 2. The van der Waals surface area contributed by atoms with E-state index in [0.717, 1.165) is 6.42 Å². The zero-order chi connectivity index (χ0) is 14.5. The van der Waals surface area contributed by atoms with Gasteiger partial charge in [-0.1, -0.05) is 18.5 Å². The Bertz CT molecular complexity index is 560. The zero-order valence-corrected chi connectivity index (χ0v) is 12.5. The van der Waals surface area contributed by atoms with Gasteiger partial charge < -0.3 is 10.1 Å². The molecule has 0 spiro atoms. The van der Waals surface area contributed by atoms with Crippen molar-refractivity contribution < 1.29 is 17.9 Å². The van der Waals surface area contributed by atoms with Crippen LogP contribution in [0.4, 0.5) is 5.69 Å². The fraction of sp³-hybridized carbons (Fsp3) is 0.364. The lowest BCUT2D eigenvalue weighted by Gasteiger charge is -2.08. The Morgan fingerprint density at radius 2 is 2.11 bits per heavy atom. The van der Waals surface area contributed by atoms with E-state index in [1.165, 1.54) is 18.2 Å². The Morgan fingerprint density at radius 1 is 1.42 bits per heavy atom. The fourth-order valence-corrected chi connectivity index (χ4v) is 2.31. The predicted octanol–water partition coefficient (Wildman–Crippen LogP) is 2.63. The molecule has 0 bridgehead atoms. The molecule has 0 atom stereocenters. The predicted molar refractivity (Wildman–Crippen MR) is 74.2 cm³/mol. The van der Waals surface area contributed by atoms with Crippen LogP contribution in [0.1, 0.15) is 13.3 Å². The molecular weight excluding hydrogens is 313 g/mol. The molecule has 0 unspecified atom stereocenters. The van der Waals surface area contributed by atoms with Crippen LogP contribution in [-0.2, 0) is 18.6 Å². The molecule has 1 amide bonds. The number of rotatable bonds is 6. The largest absolute Gasteiger partial charge is 0.372 e. The van der Waals surface area contributed by atoms with Gasteiger partial charge in [-0.15, -0.1) is 0 Å². The van der Waals surface area contributed by atoms with Crippen LogP contribution in [0.25, 0.3) is 0 Å². The molecule has 0 aromatic heterocycles. The van der Waals surface area contributed by atoms with Gasteiger partial charge in [0.2, 0.25) is 5.91 Å². The zero-order valence-electron chi connectivity index (χ0n) is 10.2. The lowest BCUT2D eigenvalue weighted by atomic mass is 10.3. The number of carbonyl (C=O) groups excluding carboxylic acids is 1. The molecule has 0 aliphatic carbocycles. The number of hydrogen-bond acceptors (Lipinski definition) is 4. The summed E-state index contributed by atoms with van der Waals surface area (Å²) in [6.07, 6.45) is 0.816. The van der Waals surface area contributed by atoms with Gasteiger partial charge in [-0.25, -0.2) is 8.42 Å². The van der Waals surface area contributed by atoms with Crippen molar-refractivity contribution >= 4 is 42.9 Å². The Labute approximate surface area is 121 Å². The minimum Gasteiger partial charge on any atom is -0.372 e. The monoisotopic (exact) mass is 325 g/mol. The quantitative estimate of drug-likeness (QED) is 0.644. The third kappa shape index (κ3) is 5.36. The van der Waals surface area contributed by atoms with E-state index in [2.05, 4.69) is 5.32 Å². The maximum Gasteiger partial charge on any atom is 0.261 e. The first-order valence-electron chi connectivity index (χ1n) is 5.46. The normalized spacial score (nSPS) is 11.3. The standard InChI is InChI=1S/C11H13Cl2NO4S/c1-2-5-18-7-11(15)14-10-4-3-8(6-9(10)12)19(13,16)17/h3-4,6H,2,5,7H2,1H3,(H,14,15). The second kappa shape index (κ2) is 7.09. The summed E-state index contributed by atoms with van der Waals surface area (Å²) in [5.74, 6) is -0.364. The highest BCUT2D eigenvalue weighted by atomic mass is 35.7. The molecule has 0 aliphatic heterocycles. The molecule has 5 nitrogen and oxygen atoms in total. The number of anilines is 1. The van der Waals surface area contributed by atoms with Crippen LogP contribution in [0, 0.1) is 0 Å². The van der Waals surface area contributed by atoms with Gasteiger partial charge in [0.05, 0.1) is 15.6 Å². The van der Waals surface area contributed by atoms with E-state index >= 15 is 0 Å². The Hall–Kier alpha value is -0.820. The second-order valence-corrected chi connectivity index (χ2v) is 6.65. The number of amides is 1. The molecule has 1 rings (SSSR count). The second-order valence-electron chi connectivity index (χ2n) is 3.68. The molecule has 106 valence electrons. The van der Waals surface area contributed by atoms with Gasteiger partial charge in [-0.2, -0.15) is 0 Å². The summed E-state index contributed by atoms with van der Waals surface area (Å²) in [5, 5.41) is 2.60. The first kappa shape index (κ1) is 16.2. The third-order valence-electron chi connectivity index (χ3n) is 2.08. The topological polar surface area (TPSA) is 72.5 Å². The molecule has 0 aliphatic rings. The molecule has 1 aromatic rings. The van der Waals surface area contributed by atoms with Crippen molar-refractivity contribution in [2.75, 3.05) is 18.5 Å². The molecule has 0 radical (unpaired) electrons. The van der Waals surface area contributed by atoms with E-state index in [9.17, 15) is 13.2 Å². The Kier molecular flexibility index (Phi) is 6.06. The van der Waals surface area contributed by atoms with Gasteiger partial charge in [-0.3, -0.25) is 4.79 Å². The summed E-state index contributed by atoms with van der Waals surface area (Å²) < 4.78 is 27.2. The van der Waals surface area contributed by atoms with E-state index in [1.807, 2.05) is 6.92 Å². The first-order chi connectivity index (χ1) is 8.84. The van der Waals surface area contributed by atoms with Crippen LogP contribution in [-0.4, -0.2) is 27.5 Å². The van der Waals surface area contributed by atoms with Crippen molar-refractivity contribution in [3.63, 3.8) is 0 Å². The van der Waals surface area contributed by atoms with Crippen molar-refractivity contribution in [1.82, 2.24) is 0 Å². The van der Waals surface area contributed by atoms with Crippen LogP contribution in [0.5, 0.6) is 0 Å². The lowest BCUT2D eigenvalue weighted by molar-refractivity contribution is -0.120. The molecule has 0 saturated carbocycles. The van der Waals surface area contributed by atoms with Crippen LogP contribution < -0.4 is 5.32 Å². The van der Waals surface area contributed by atoms with Gasteiger partial charge in [0.15, 0.2) is 0 Å². The van der Waals surface area contributed by atoms with E-state index in [-0.39, 0.29) is 22.4 Å². The number of hydrogen-bond donors (Lipinski definition) is 1. The summed E-state index contributed by atoms with van der Waals surface area (Å²) in [6, 6.07) is 3.80. The number of ether oxygens (including phenoxy) is 1. The third-order valence-corrected chi connectivity index (χ3v) is 3.74. The summed E-state index contributed by atoms with van der Waals surface area (Å²) in [6.45, 7) is 2.34. The molecule has 0 heterocycles. The van der Waals surface area contributed by atoms with Gasteiger partial charge in [0.1, 0.15) is 6.61 Å². The van der Waals surface area contributed by atoms with E-state index in [4.69, 9.17) is 27.0 Å². The molecule has 1 N–H and O–H groups in total. The van der Waals surface area contributed by atoms with Crippen molar-refractivity contribution in [2.24, 2.45) is 0 Å². The van der Waals surface area contributed by atoms with E-state index in [0.29, 0.717) is 12.3 Å². The van der Waals surface area contributed by atoms with Crippen LogP contribution in [0.2, 0.25) is 5.02 Å². The molecule has 19 heavy (non-hydrogen) atoms. The lowest BCUT2D eigenvalue weighted by Crippen LogP contribution is -2.18. The van der Waals surface area contributed by atoms with Gasteiger partial charge in [-0.05, 0) is 24.6 Å². The van der Waals surface area contributed by atoms with Gasteiger partial charge in [0, 0.05) is 17.3 Å². The van der Waals surface area contributed by atoms with Gasteiger partial charge in [0.25, 0.3) is 9.05 Å². The minimum absolute atomic E-state index is 0.0836. The van der Waals surface area contributed by atoms with Crippen LogP contribution >= 0.6 is 22.3 Å². The Balaban J connectivity index is 2.73. The van der Waals surface area contributed by atoms with Gasteiger partial charge >= 0.3 is 0 Å². The fourth-order valence-electron chi connectivity index (χ4n) is 1.24. The highest BCUT2D eigenvalue weighted by Crippen LogP contribution is 2.26. The smallest absolute Gasteiger partial charge is 0.261 e. The highest BCUT2D eigenvalue weighted by Gasteiger charge is 2.13.